The first-order chi connectivity index (χ1) is 9.84. The highest BCUT2D eigenvalue weighted by atomic mass is 32.2. The SMILES string of the molecule is CC(C)S(=O)(=O)c1ccccc1C(=O)N1CCC=C(F)C1. The Morgan fingerprint density at radius 1 is 1.29 bits per heavy atom. The minimum Gasteiger partial charge on any atom is -0.332 e. The average molecular weight is 311 g/mol. The lowest BCUT2D eigenvalue weighted by Gasteiger charge is -2.25. The summed E-state index contributed by atoms with van der Waals surface area (Å²) in [5, 5.41) is -0.621. The predicted molar refractivity (Wildman–Crippen MR) is 78.5 cm³/mol. The van der Waals surface area contributed by atoms with Crippen LogP contribution in [0.15, 0.2) is 41.1 Å². The van der Waals surface area contributed by atoms with Crippen molar-refractivity contribution in [1.29, 1.82) is 0 Å². The Morgan fingerprint density at radius 3 is 2.57 bits per heavy atom. The summed E-state index contributed by atoms with van der Waals surface area (Å²) in [7, 11) is -3.56. The number of hydrogen-bond donors (Lipinski definition) is 0. The highest BCUT2D eigenvalue weighted by Crippen LogP contribution is 2.23. The van der Waals surface area contributed by atoms with Gasteiger partial charge in [-0.25, -0.2) is 12.8 Å². The van der Waals surface area contributed by atoms with E-state index in [-0.39, 0.29) is 22.8 Å². The molecule has 0 bridgehead atoms. The molecular weight excluding hydrogens is 293 g/mol. The van der Waals surface area contributed by atoms with Crippen LogP contribution in [-0.4, -0.2) is 37.6 Å². The minimum absolute atomic E-state index is 0.0139. The number of hydrogen-bond acceptors (Lipinski definition) is 3. The third-order valence-electron chi connectivity index (χ3n) is 3.44. The zero-order chi connectivity index (χ0) is 15.6. The summed E-state index contributed by atoms with van der Waals surface area (Å²) in [6.07, 6.45) is 1.89. The van der Waals surface area contributed by atoms with Gasteiger partial charge >= 0.3 is 0 Å². The van der Waals surface area contributed by atoms with Gasteiger partial charge in [-0.15, -0.1) is 0 Å². The molecule has 1 aromatic rings. The maximum atomic E-state index is 13.3. The summed E-state index contributed by atoms with van der Waals surface area (Å²) >= 11 is 0. The molecule has 114 valence electrons. The number of amides is 1. The highest BCUT2D eigenvalue weighted by Gasteiger charge is 2.28. The smallest absolute Gasteiger partial charge is 0.255 e. The molecule has 0 fully saturated rings. The van der Waals surface area contributed by atoms with E-state index in [0.717, 1.165) is 0 Å². The number of rotatable bonds is 3. The molecule has 0 saturated heterocycles. The van der Waals surface area contributed by atoms with Crippen LogP contribution < -0.4 is 0 Å². The Bertz CT molecular complexity index is 680. The monoisotopic (exact) mass is 311 g/mol. The average Bonchev–Trinajstić information content (AvgIpc) is 2.46. The van der Waals surface area contributed by atoms with Crippen LogP contribution in [0.2, 0.25) is 0 Å². The van der Waals surface area contributed by atoms with Crippen molar-refractivity contribution in [3.8, 4) is 0 Å². The second-order valence-electron chi connectivity index (χ2n) is 5.26. The molecular formula is C15H18FNO3S. The third kappa shape index (κ3) is 3.15. The first kappa shape index (κ1) is 15.7. The van der Waals surface area contributed by atoms with Crippen LogP contribution in [0.1, 0.15) is 30.6 Å². The Balaban J connectivity index is 2.41. The number of carbonyl (C=O) groups excluding carboxylic acids is 1. The van der Waals surface area contributed by atoms with E-state index in [1.165, 1.54) is 23.1 Å². The number of sulfone groups is 1. The molecule has 0 unspecified atom stereocenters. The van der Waals surface area contributed by atoms with Crippen LogP contribution in [0, 0.1) is 0 Å². The van der Waals surface area contributed by atoms with Crippen LogP contribution >= 0.6 is 0 Å². The fourth-order valence-electron chi connectivity index (χ4n) is 2.19. The fourth-order valence-corrected chi connectivity index (χ4v) is 3.43. The van der Waals surface area contributed by atoms with Gasteiger partial charge in [0, 0.05) is 6.54 Å². The molecule has 2 rings (SSSR count). The van der Waals surface area contributed by atoms with E-state index >= 15 is 0 Å². The number of benzene rings is 1. The molecule has 0 saturated carbocycles. The standard InChI is InChI=1S/C15H18FNO3S/c1-11(2)21(19,20)14-8-4-3-7-13(14)15(18)17-9-5-6-12(16)10-17/h3-4,6-8,11H,5,9-10H2,1-2H3. The second-order valence-corrected chi connectivity index (χ2v) is 7.73. The van der Waals surface area contributed by atoms with Crippen molar-refractivity contribution in [3.63, 3.8) is 0 Å². The summed E-state index contributed by atoms with van der Waals surface area (Å²) < 4.78 is 38.0. The van der Waals surface area contributed by atoms with Crippen molar-refractivity contribution < 1.29 is 17.6 Å². The van der Waals surface area contributed by atoms with Gasteiger partial charge in [0.05, 0.1) is 22.3 Å². The minimum atomic E-state index is -3.56. The van der Waals surface area contributed by atoms with Crippen molar-refractivity contribution >= 4 is 15.7 Å². The van der Waals surface area contributed by atoms with Crippen LogP contribution in [0.3, 0.4) is 0 Å². The molecule has 1 heterocycles. The summed E-state index contributed by atoms with van der Waals surface area (Å²) in [5.74, 6) is -0.808. The maximum Gasteiger partial charge on any atom is 0.255 e. The highest BCUT2D eigenvalue weighted by molar-refractivity contribution is 7.92. The molecule has 1 aliphatic heterocycles. The van der Waals surface area contributed by atoms with Gasteiger partial charge < -0.3 is 4.90 Å². The van der Waals surface area contributed by atoms with E-state index in [1.54, 1.807) is 26.0 Å². The maximum absolute atomic E-state index is 13.3. The van der Waals surface area contributed by atoms with Gasteiger partial charge in [0.2, 0.25) is 0 Å². The Kier molecular flexibility index (Phi) is 4.46. The number of nitrogens with zero attached hydrogens (tertiary/aromatic N) is 1. The molecule has 0 atom stereocenters. The van der Waals surface area contributed by atoms with Crippen LogP contribution in [0.4, 0.5) is 4.39 Å². The van der Waals surface area contributed by atoms with E-state index in [0.29, 0.717) is 13.0 Å². The zero-order valence-corrected chi connectivity index (χ0v) is 12.9. The lowest BCUT2D eigenvalue weighted by molar-refractivity contribution is 0.0751. The van der Waals surface area contributed by atoms with E-state index in [2.05, 4.69) is 0 Å². The third-order valence-corrected chi connectivity index (χ3v) is 5.65. The predicted octanol–water partition coefficient (Wildman–Crippen LogP) is 2.57. The fraction of sp³-hybridized carbons (Fsp3) is 0.400. The molecule has 0 N–H and O–H groups in total. The molecule has 1 aromatic carbocycles. The van der Waals surface area contributed by atoms with Gasteiger partial charge in [-0.05, 0) is 38.5 Å². The van der Waals surface area contributed by atoms with Crippen molar-refractivity contribution in [1.82, 2.24) is 4.90 Å². The normalized spacial score (nSPS) is 16.0. The molecule has 0 aliphatic carbocycles. The summed E-state index contributed by atoms with van der Waals surface area (Å²) in [6.45, 7) is 3.43. The van der Waals surface area contributed by atoms with Gasteiger partial charge in [0.25, 0.3) is 5.91 Å². The first-order valence-corrected chi connectivity index (χ1v) is 8.35. The molecule has 1 amide bonds. The Morgan fingerprint density at radius 2 is 1.95 bits per heavy atom. The molecule has 4 nitrogen and oxygen atoms in total. The van der Waals surface area contributed by atoms with Crippen molar-refractivity contribution in [3.05, 3.63) is 41.7 Å². The Hall–Kier alpha value is -1.69. The van der Waals surface area contributed by atoms with Crippen LogP contribution in [0.25, 0.3) is 0 Å². The lowest BCUT2D eigenvalue weighted by Crippen LogP contribution is -2.36. The molecule has 1 aliphatic rings. The van der Waals surface area contributed by atoms with Gasteiger partial charge in [0.1, 0.15) is 5.83 Å². The second kappa shape index (κ2) is 5.97. The molecule has 0 radical (unpaired) electrons. The van der Waals surface area contributed by atoms with Gasteiger partial charge in [0.15, 0.2) is 9.84 Å². The number of carbonyl (C=O) groups is 1. The van der Waals surface area contributed by atoms with Gasteiger partial charge in [-0.2, -0.15) is 0 Å². The van der Waals surface area contributed by atoms with E-state index < -0.39 is 21.0 Å². The van der Waals surface area contributed by atoms with Crippen molar-refractivity contribution in [2.24, 2.45) is 0 Å². The van der Waals surface area contributed by atoms with Crippen LogP contribution in [-0.2, 0) is 9.84 Å². The largest absolute Gasteiger partial charge is 0.332 e. The molecule has 6 heteroatoms. The zero-order valence-electron chi connectivity index (χ0n) is 12.0. The molecule has 21 heavy (non-hydrogen) atoms. The Labute approximate surface area is 124 Å². The molecule has 0 spiro atoms. The van der Waals surface area contributed by atoms with Crippen LogP contribution in [0.5, 0.6) is 0 Å². The van der Waals surface area contributed by atoms with Crippen molar-refractivity contribution in [2.45, 2.75) is 30.4 Å². The lowest BCUT2D eigenvalue weighted by atomic mass is 10.1. The summed E-state index contributed by atoms with van der Waals surface area (Å²) in [4.78, 5) is 13.9. The number of halogens is 1. The first-order valence-electron chi connectivity index (χ1n) is 6.80. The van der Waals surface area contributed by atoms with E-state index in [4.69, 9.17) is 0 Å². The van der Waals surface area contributed by atoms with Crippen molar-refractivity contribution in [2.75, 3.05) is 13.1 Å². The van der Waals surface area contributed by atoms with E-state index in [1.807, 2.05) is 0 Å². The topological polar surface area (TPSA) is 54.5 Å². The van der Waals surface area contributed by atoms with Gasteiger partial charge in [-0.1, -0.05) is 12.1 Å². The molecule has 0 aromatic heterocycles. The quantitative estimate of drug-likeness (QED) is 0.862. The van der Waals surface area contributed by atoms with E-state index in [9.17, 15) is 17.6 Å². The van der Waals surface area contributed by atoms with Gasteiger partial charge in [-0.3, -0.25) is 4.79 Å². The summed E-state index contributed by atoms with van der Waals surface area (Å²) in [6, 6.07) is 6.11. The summed E-state index contributed by atoms with van der Waals surface area (Å²) in [5.41, 5.74) is 0.112.